The van der Waals surface area contributed by atoms with Gasteiger partial charge in [0.1, 0.15) is 0 Å². The summed E-state index contributed by atoms with van der Waals surface area (Å²) in [6.45, 7) is 1.84. The topological polar surface area (TPSA) is 63.5 Å². The summed E-state index contributed by atoms with van der Waals surface area (Å²) in [5, 5.41) is 9.09. The molecule has 0 aliphatic carbocycles. The van der Waals surface area contributed by atoms with Crippen molar-refractivity contribution in [1.29, 1.82) is 0 Å². The third-order valence-electron chi connectivity index (χ3n) is 2.13. The largest absolute Gasteiger partial charge is 0.396 e. The second kappa shape index (κ2) is 2.74. The van der Waals surface area contributed by atoms with Crippen molar-refractivity contribution in [2.75, 3.05) is 5.73 Å². The molecule has 0 saturated carbocycles. The highest BCUT2D eigenvalue weighted by Crippen LogP contribution is 2.16. The predicted octanol–water partition coefficient (Wildman–Crippen LogP) is 0.717. The lowest BCUT2D eigenvalue weighted by Gasteiger charge is -1.99. The summed E-state index contributed by atoms with van der Waals surface area (Å²) in [6.07, 6.45) is 1.84. The van der Waals surface area contributed by atoms with E-state index in [1.807, 2.05) is 23.6 Å². The number of imidazole rings is 1. The van der Waals surface area contributed by atoms with Gasteiger partial charge in [0.15, 0.2) is 5.65 Å². The van der Waals surface area contributed by atoms with Crippen molar-refractivity contribution in [3.05, 3.63) is 29.7 Å². The van der Waals surface area contributed by atoms with E-state index in [0.29, 0.717) is 11.3 Å². The van der Waals surface area contributed by atoms with E-state index in [2.05, 4.69) is 4.98 Å². The van der Waals surface area contributed by atoms with E-state index in [1.165, 1.54) is 0 Å². The Morgan fingerprint density at radius 3 is 3.08 bits per heavy atom. The van der Waals surface area contributed by atoms with E-state index >= 15 is 0 Å². The molecule has 3 N–H and O–H groups in total. The van der Waals surface area contributed by atoms with Gasteiger partial charge >= 0.3 is 0 Å². The highest BCUT2D eigenvalue weighted by atomic mass is 16.3. The molecular weight excluding hydrogens is 166 g/mol. The van der Waals surface area contributed by atoms with Gasteiger partial charge in [-0.2, -0.15) is 0 Å². The van der Waals surface area contributed by atoms with Crippen LogP contribution in [0, 0.1) is 6.92 Å². The summed E-state index contributed by atoms with van der Waals surface area (Å²) < 4.78 is 1.81. The lowest BCUT2D eigenvalue weighted by atomic mass is 10.3. The Bertz CT molecular complexity index is 447. The Morgan fingerprint density at radius 2 is 2.38 bits per heavy atom. The number of nitrogens with zero attached hydrogens (tertiary/aromatic N) is 2. The number of hydrogen-bond donors (Lipinski definition) is 2. The van der Waals surface area contributed by atoms with Gasteiger partial charge in [-0.05, 0) is 19.1 Å². The molecule has 4 heteroatoms. The molecule has 0 aliphatic rings. The van der Waals surface area contributed by atoms with Crippen LogP contribution in [0.5, 0.6) is 0 Å². The van der Waals surface area contributed by atoms with Gasteiger partial charge in [-0.3, -0.25) is 4.40 Å². The van der Waals surface area contributed by atoms with Gasteiger partial charge in [-0.1, -0.05) is 0 Å². The molecule has 0 unspecified atom stereocenters. The van der Waals surface area contributed by atoms with Crippen LogP contribution in [0.1, 0.15) is 11.4 Å². The quantitative estimate of drug-likeness (QED) is 0.674. The van der Waals surface area contributed by atoms with E-state index in [9.17, 15) is 0 Å². The number of nitrogens with two attached hydrogens (primary N) is 1. The number of anilines is 1. The molecule has 0 bridgehead atoms. The highest BCUT2D eigenvalue weighted by Gasteiger charge is 2.08. The number of aliphatic hydroxyl groups is 1. The second-order valence-corrected chi connectivity index (χ2v) is 2.96. The summed E-state index contributed by atoms with van der Waals surface area (Å²) in [6, 6.07) is 3.63. The monoisotopic (exact) mass is 177 g/mol. The molecule has 0 amide bonds. The molecule has 0 aliphatic heterocycles. The summed E-state index contributed by atoms with van der Waals surface area (Å²) in [7, 11) is 0. The van der Waals surface area contributed by atoms with Crippen molar-refractivity contribution >= 4 is 11.3 Å². The number of aromatic nitrogens is 2. The number of aryl methyl sites for hydroxylation is 1. The molecule has 0 saturated heterocycles. The predicted molar refractivity (Wildman–Crippen MR) is 50.3 cm³/mol. The van der Waals surface area contributed by atoms with Gasteiger partial charge < -0.3 is 10.8 Å². The van der Waals surface area contributed by atoms with Crippen LogP contribution in [0.2, 0.25) is 0 Å². The molecule has 0 fully saturated rings. The zero-order chi connectivity index (χ0) is 9.42. The van der Waals surface area contributed by atoms with Crippen molar-refractivity contribution in [2.24, 2.45) is 0 Å². The van der Waals surface area contributed by atoms with Crippen LogP contribution in [0.4, 0.5) is 5.69 Å². The van der Waals surface area contributed by atoms with E-state index in [-0.39, 0.29) is 6.61 Å². The summed E-state index contributed by atoms with van der Waals surface area (Å²) in [5.74, 6) is 0. The third-order valence-corrected chi connectivity index (χ3v) is 2.13. The Morgan fingerprint density at radius 1 is 1.62 bits per heavy atom. The molecule has 0 spiro atoms. The van der Waals surface area contributed by atoms with Crippen molar-refractivity contribution < 1.29 is 5.11 Å². The maximum absolute atomic E-state index is 9.09. The maximum atomic E-state index is 9.09. The Labute approximate surface area is 75.6 Å². The number of nitrogen functional groups attached to an aromatic ring is 1. The molecule has 2 rings (SSSR count). The first-order valence-electron chi connectivity index (χ1n) is 4.07. The van der Waals surface area contributed by atoms with E-state index < -0.39 is 0 Å². The summed E-state index contributed by atoms with van der Waals surface area (Å²) in [4.78, 5) is 4.26. The van der Waals surface area contributed by atoms with Crippen molar-refractivity contribution in [1.82, 2.24) is 9.38 Å². The maximum Gasteiger partial charge on any atom is 0.160 e. The normalized spacial score (nSPS) is 10.9. The van der Waals surface area contributed by atoms with Crippen LogP contribution < -0.4 is 5.73 Å². The number of pyridine rings is 1. The van der Waals surface area contributed by atoms with E-state index in [0.717, 1.165) is 11.4 Å². The van der Waals surface area contributed by atoms with Crippen LogP contribution in [0.25, 0.3) is 5.65 Å². The van der Waals surface area contributed by atoms with Gasteiger partial charge in [0, 0.05) is 6.20 Å². The number of rotatable bonds is 1. The van der Waals surface area contributed by atoms with Crippen LogP contribution in [0.15, 0.2) is 18.3 Å². The van der Waals surface area contributed by atoms with E-state index in [4.69, 9.17) is 10.8 Å². The molecular formula is C9H11N3O. The van der Waals surface area contributed by atoms with Crippen LogP contribution in [0.3, 0.4) is 0 Å². The van der Waals surface area contributed by atoms with Gasteiger partial charge in [0.2, 0.25) is 0 Å². The summed E-state index contributed by atoms with van der Waals surface area (Å²) >= 11 is 0. The first-order chi connectivity index (χ1) is 6.24. The van der Waals surface area contributed by atoms with Gasteiger partial charge in [0.25, 0.3) is 0 Å². The van der Waals surface area contributed by atoms with Crippen LogP contribution in [-0.4, -0.2) is 14.5 Å². The fraction of sp³-hybridized carbons (Fsp3) is 0.222. The SMILES string of the molecule is Cc1nc2c(N)cccn2c1CO. The third kappa shape index (κ3) is 1.07. The molecule has 2 aromatic rings. The van der Waals surface area contributed by atoms with Crippen LogP contribution >= 0.6 is 0 Å². The van der Waals surface area contributed by atoms with Crippen molar-refractivity contribution in [3.63, 3.8) is 0 Å². The van der Waals surface area contributed by atoms with Crippen molar-refractivity contribution in [3.8, 4) is 0 Å². The molecule has 0 atom stereocenters. The molecule has 0 aromatic carbocycles. The first kappa shape index (κ1) is 8.07. The minimum atomic E-state index is -0.0174. The molecule has 4 nitrogen and oxygen atoms in total. The Kier molecular flexibility index (Phi) is 1.70. The smallest absolute Gasteiger partial charge is 0.160 e. The molecule has 2 aromatic heterocycles. The van der Waals surface area contributed by atoms with Gasteiger partial charge in [-0.15, -0.1) is 0 Å². The highest BCUT2D eigenvalue weighted by molar-refractivity contribution is 5.65. The average Bonchev–Trinajstić information content (AvgIpc) is 2.43. The Balaban J connectivity index is 2.86. The van der Waals surface area contributed by atoms with Gasteiger partial charge in [-0.25, -0.2) is 4.98 Å². The fourth-order valence-electron chi connectivity index (χ4n) is 1.44. The van der Waals surface area contributed by atoms with Crippen LogP contribution in [-0.2, 0) is 6.61 Å². The standard InChI is InChI=1S/C9H11N3O/c1-6-8(5-13)12-4-2-3-7(10)9(12)11-6/h2-4,13H,5,10H2,1H3. The van der Waals surface area contributed by atoms with Crippen molar-refractivity contribution in [2.45, 2.75) is 13.5 Å². The lowest BCUT2D eigenvalue weighted by molar-refractivity contribution is 0.275. The molecule has 68 valence electrons. The zero-order valence-corrected chi connectivity index (χ0v) is 7.36. The zero-order valence-electron chi connectivity index (χ0n) is 7.36. The fourth-order valence-corrected chi connectivity index (χ4v) is 1.44. The summed E-state index contributed by atoms with van der Waals surface area (Å²) in [5.41, 5.74) is 8.68. The molecule has 2 heterocycles. The molecule has 0 radical (unpaired) electrons. The minimum Gasteiger partial charge on any atom is -0.396 e. The molecule has 13 heavy (non-hydrogen) atoms. The Hall–Kier alpha value is -1.55. The number of fused-ring (bicyclic) bond motifs is 1. The second-order valence-electron chi connectivity index (χ2n) is 2.96. The first-order valence-corrected chi connectivity index (χ1v) is 4.07. The minimum absolute atomic E-state index is 0.0174. The number of hydrogen-bond acceptors (Lipinski definition) is 3. The van der Waals surface area contributed by atoms with Gasteiger partial charge in [0.05, 0.1) is 23.7 Å². The average molecular weight is 177 g/mol. The van der Waals surface area contributed by atoms with E-state index in [1.54, 1.807) is 6.07 Å². The number of aliphatic hydroxyl groups excluding tert-OH is 1. The lowest BCUT2D eigenvalue weighted by Crippen LogP contribution is -1.95.